The summed E-state index contributed by atoms with van der Waals surface area (Å²) in [4.78, 5) is 20.9. The van der Waals surface area contributed by atoms with E-state index in [4.69, 9.17) is 0 Å². The van der Waals surface area contributed by atoms with Gasteiger partial charge in [0.05, 0.1) is 12.7 Å². The van der Waals surface area contributed by atoms with E-state index in [1.54, 1.807) is 24.3 Å². The molecule has 1 aromatic rings. The van der Waals surface area contributed by atoms with Crippen LogP contribution < -0.4 is 5.32 Å². The lowest BCUT2D eigenvalue weighted by Gasteiger charge is -2.00. The fraction of sp³-hybridized carbons (Fsp3) is 0.111. The normalized spacial score (nSPS) is 9.00. The molecule has 0 aliphatic rings. The van der Waals surface area contributed by atoms with E-state index in [9.17, 15) is 9.59 Å². The number of anilines is 1. The van der Waals surface area contributed by atoms with Gasteiger partial charge >= 0.3 is 12.4 Å². The molecule has 4 heteroatoms. The lowest BCUT2D eigenvalue weighted by Crippen LogP contribution is -2.01. The minimum atomic E-state index is -0.401. The van der Waals surface area contributed by atoms with Crippen molar-refractivity contribution in [3.63, 3.8) is 0 Å². The smallest absolute Gasteiger partial charge is 0.337 e. The Kier molecular flexibility index (Phi) is 3.03. The molecule has 1 N–H and O–H groups in total. The number of nitrogens with one attached hydrogen (secondary N) is 1. The molecular weight excluding hydrogens is 170 g/mol. The summed E-state index contributed by atoms with van der Waals surface area (Å²) in [7, 11) is 1.31. The van der Waals surface area contributed by atoms with E-state index < -0.39 is 5.97 Å². The van der Waals surface area contributed by atoms with Gasteiger partial charge in [0.2, 0.25) is 0 Å². The third-order valence-corrected chi connectivity index (χ3v) is 1.50. The standard InChI is InChI=1S/C9H8NO3/c1-13-9(12)7-2-4-8(5-3-7)10-6-11/h2-5H,1H3,(H,10,11). The van der Waals surface area contributed by atoms with Gasteiger partial charge in [-0.3, -0.25) is 4.79 Å². The van der Waals surface area contributed by atoms with Crippen LogP contribution in [0, 0.1) is 0 Å². The van der Waals surface area contributed by atoms with Crippen molar-refractivity contribution in [2.75, 3.05) is 12.4 Å². The van der Waals surface area contributed by atoms with Crippen molar-refractivity contribution >= 4 is 18.1 Å². The molecule has 0 saturated heterocycles. The average Bonchev–Trinajstić information content (AvgIpc) is 2.18. The van der Waals surface area contributed by atoms with E-state index in [1.165, 1.54) is 13.5 Å². The second-order valence-corrected chi connectivity index (χ2v) is 2.30. The summed E-state index contributed by atoms with van der Waals surface area (Å²) >= 11 is 0. The van der Waals surface area contributed by atoms with E-state index in [0.29, 0.717) is 11.3 Å². The van der Waals surface area contributed by atoms with Crippen LogP contribution >= 0.6 is 0 Å². The van der Waals surface area contributed by atoms with Crippen LogP contribution in [0.25, 0.3) is 0 Å². The first-order valence-electron chi connectivity index (χ1n) is 3.59. The summed E-state index contributed by atoms with van der Waals surface area (Å²) in [6.45, 7) is 0. The van der Waals surface area contributed by atoms with Crippen LogP contribution in [0.5, 0.6) is 0 Å². The van der Waals surface area contributed by atoms with Gasteiger partial charge in [0.15, 0.2) is 0 Å². The number of benzene rings is 1. The highest BCUT2D eigenvalue weighted by Crippen LogP contribution is 2.08. The predicted octanol–water partition coefficient (Wildman–Crippen LogP) is 0.952. The zero-order valence-corrected chi connectivity index (χ0v) is 7.03. The predicted molar refractivity (Wildman–Crippen MR) is 47.1 cm³/mol. The number of rotatable bonds is 3. The minimum Gasteiger partial charge on any atom is -0.465 e. The molecule has 0 aromatic heterocycles. The van der Waals surface area contributed by atoms with Crippen molar-refractivity contribution in [2.24, 2.45) is 0 Å². The zero-order valence-electron chi connectivity index (χ0n) is 7.03. The molecule has 0 fully saturated rings. The van der Waals surface area contributed by atoms with Crippen molar-refractivity contribution in [1.29, 1.82) is 0 Å². The number of ether oxygens (including phenoxy) is 1. The Balaban J connectivity index is 2.80. The molecule has 0 spiro atoms. The van der Waals surface area contributed by atoms with Gasteiger partial charge < -0.3 is 10.1 Å². The van der Waals surface area contributed by atoms with Crippen LogP contribution in [0.1, 0.15) is 10.4 Å². The molecule has 13 heavy (non-hydrogen) atoms. The SMILES string of the molecule is COC(=O)c1ccc(N[C]=O)cc1. The first-order valence-corrected chi connectivity index (χ1v) is 3.59. The van der Waals surface area contributed by atoms with E-state index in [1.807, 2.05) is 0 Å². The Labute approximate surface area is 75.5 Å². The van der Waals surface area contributed by atoms with Gasteiger partial charge in [-0.1, -0.05) is 0 Å². The Morgan fingerprint density at radius 3 is 2.46 bits per heavy atom. The second kappa shape index (κ2) is 4.25. The van der Waals surface area contributed by atoms with Gasteiger partial charge in [-0.2, -0.15) is 0 Å². The molecule has 1 rings (SSSR count). The van der Waals surface area contributed by atoms with Gasteiger partial charge in [-0.05, 0) is 24.3 Å². The molecule has 0 bridgehead atoms. The van der Waals surface area contributed by atoms with Crippen LogP contribution in [0.2, 0.25) is 0 Å². The lowest BCUT2D eigenvalue weighted by molar-refractivity contribution is 0.0601. The largest absolute Gasteiger partial charge is 0.465 e. The molecule has 0 aliphatic heterocycles. The van der Waals surface area contributed by atoms with Crippen LogP contribution in [0.15, 0.2) is 24.3 Å². The minimum absolute atomic E-state index is 0.401. The summed E-state index contributed by atoms with van der Waals surface area (Å²) in [6, 6.07) is 6.31. The van der Waals surface area contributed by atoms with E-state index in [-0.39, 0.29) is 0 Å². The van der Waals surface area contributed by atoms with Gasteiger partial charge in [0.1, 0.15) is 0 Å². The lowest BCUT2D eigenvalue weighted by atomic mass is 10.2. The Morgan fingerprint density at radius 2 is 2.00 bits per heavy atom. The molecule has 1 radical (unpaired) electrons. The number of hydrogen-bond donors (Lipinski definition) is 1. The summed E-state index contributed by atoms with van der Waals surface area (Å²) < 4.78 is 4.50. The first kappa shape index (κ1) is 9.25. The van der Waals surface area contributed by atoms with Gasteiger partial charge in [-0.15, -0.1) is 0 Å². The summed E-state index contributed by atoms with van der Waals surface area (Å²) in [5.41, 5.74) is 1.03. The molecule has 1 aromatic carbocycles. The Morgan fingerprint density at radius 1 is 1.38 bits per heavy atom. The second-order valence-electron chi connectivity index (χ2n) is 2.30. The van der Waals surface area contributed by atoms with Crippen LogP contribution in [0.3, 0.4) is 0 Å². The van der Waals surface area contributed by atoms with Crippen molar-refractivity contribution in [3.8, 4) is 0 Å². The highest BCUT2D eigenvalue weighted by atomic mass is 16.5. The molecule has 0 aliphatic carbocycles. The van der Waals surface area contributed by atoms with Crippen LogP contribution in [-0.2, 0) is 9.53 Å². The summed E-state index contributed by atoms with van der Waals surface area (Å²) in [5.74, 6) is -0.401. The van der Waals surface area contributed by atoms with E-state index in [0.717, 1.165) is 0 Å². The Bertz CT molecular complexity index is 305. The number of esters is 1. The number of methoxy groups -OCH3 is 1. The molecular formula is C9H8NO3. The number of carbonyl (C=O) groups excluding carboxylic acids is 2. The molecule has 4 nitrogen and oxygen atoms in total. The molecule has 0 atom stereocenters. The Hall–Kier alpha value is -1.84. The van der Waals surface area contributed by atoms with E-state index >= 15 is 0 Å². The van der Waals surface area contributed by atoms with Crippen LogP contribution in [-0.4, -0.2) is 19.5 Å². The highest BCUT2D eigenvalue weighted by Gasteiger charge is 2.03. The van der Waals surface area contributed by atoms with Gasteiger partial charge in [0.25, 0.3) is 0 Å². The molecule has 0 heterocycles. The fourth-order valence-electron chi connectivity index (χ4n) is 0.866. The maximum atomic E-state index is 11.0. The molecule has 0 saturated carbocycles. The quantitative estimate of drug-likeness (QED) is 0.553. The number of hydrogen-bond acceptors (Lipinski definition) is 3. The van der Waals surface area contributed by atoms with Crippen molar-refractivity contribution in [2.45, 2.75) is 0 Å². The molecule has 67 valence electrons. The van der Waals surface area contributed by atoms with Crippen molar-refractivity contribution in [3.05, 3.63) is 29.8 Å². The topological polar surface area (TPSA) is 55.4 Å². The third-order valence-electron chi connectivity index (χ3n) is 1.50. The van der Waals surface area contributed by atoms with E-state index in [2.05, 4.69) is 10.1 Å². The average molecular weight is 178 g/mol. The zero-order chi connectivity index (χ0) is 9.68. The first-order chi connectivity index (χ1) is 6.27. The highest BCUT2D eigenvalue weighted by molar-refractivity contribution is 5.90. The fourth-order valence-corrected chi connectivity index (χ4v) is 0.866. The summed E-state index contributed by atoms with van der Waals surface area (Å²) in [6.07, 6.45) is 1.53. The maximum Gasteiger partial charge on any atom is 0.337 e. The van der Waals surface area contributed by atoms with Crippen LogP contribution in [0.4, 0.5) is 5.69 Å². The summed E-state index contributed by atoms with van der Waals surface area (Å²) in [5, 5.41) is 2.33. The molecule has 0 unspecified atom stereocenters. The van der Waals surface area contributed by atoms with Gasteiger partial charge in [-0.25, -0.2) is 4.79 Å². The number of carbonyl (C=O) groups is 1. The maximum absolute atomic E-state index is 11.0. The molecule has 1 amide bonds. The third kappa shape index (κ3) is 2.30. The van der Waals surface area contributed by atoms with Crippen molar-refractivity contribution in [1.82, 2.24) is 0 Å². The monoisotopic (exact) mass is 178 g/mol. The number of amides is 1. The van der Waals surface area contributed by atoms with Gasteiger partial charge in [0, 0.05) is 5.69 Å². The van der Waals surface area contributed by atoms with Crippen molar-refractivity contribution < 1.29 is 14.3 Å².